The Balaban J connectivity index is 2.94. The molecule has 19 heavy (non-hydrogen) atoms. The highest BCUT2D eigenvalue weighted by Crippen LogP contribution is 2.14. The summed E-state index contributed by atoms with van der Waals surface area (Å²) in [5, 5.41) is 13.9. The molecule has 0 atom stereocenters. The van der Waals surface area contributed by atoms with Gasteiger partial charge in [0.05, 0.1) is 4.92 Å². The van der Waals surface area contributed by atoms with Crippen LogP contribution < -0.4 is 5.32 Å². The number of nitrogens with zero attached hydrogens (tertiary/aromatic N) is 3. The Kier molecular flexibility index (Phi) is 5.57. The van der Waals surface area contributed by atoms with Gasteiger partial charge in [0.2, 0.25) is 0 Å². The van der Waals surface area contributed by atoms with Crippen LogP contribution in [-0.4, -0.2) is 27.9 Å². The number of nitrogens with one attached hydrogen (secondary N) is 1. The molecule has 0 saturated carbocycles. The van der Waals surface area contributed by atoms with Crippen LogP contribution in [0.3, 0.4) is 0 Å². The van der Waals surface area contributed by atoms with Gasteiger partial charge in [-0.15, -0.1) is 0 Å². The summed E-state index contributed by atoms with van der Waals surface area (Å²) in [5.74, 6) is 0.454. The molecule has 0 unspecified atom stereocenters. The maximum atomic E-state index is 10.6. The summed E-state index contributed by atoms with van der Waals surface area (Å²) < 4.78 is 0. The van der Waals surface area contributed by atoms with Crippen molar-refractivity contribution in [3.63, 3.8) is 0 Å². The summed E-state index contributed by atoms with van der Waals surface area (Å²) in [4.78, 5) is 16.0. The van der Waals surface area contributed by atoms with Gasteiger partial charge in [0.25, 0.3) is 6.20 Å². The first kappa shape index (κ1) is 15.2. The highest BCUT2D eigenvalue weighted by atomic mass is 35.5. The minimum absolute atomic E-state index is 0.106. The highest BCUT2D eigenvalue weighted by molar-refractivity contribution is 6.29. The first-order valence-electron chi connectivity index (χ1n) is 5.84. The second kappa shape index (κ2) is 6.94. The Morgan fingerprint density at radius 1 is 1.63 bits per heavy atom. The lowest BCUT2D eigenvalue weighted by molar-refractivity contribution is -0.404. The standard InChI is InChI=1S/C12H17ClN4O2/c1-9(2)16(12(14-3)8-17(18)19)7-10-4-5-11(13)15-6-10/h4-6,8-9,14H,7H2,1-3H3/b12-8+. The Labute approximate surface area is 117 Å². The van der Waals surface area contributed by atoms with E-state index in [1.165, 1.54) is 0 Å². The van der Waals surface area contributed by atoms with Crippen molar-refractivity contribution in [2.75, 3.05) is 7.05 Å². The van der Waals surface area contributed by atoms with Gasteiger partial charge in [-0.1, -0.05) is 17.7 Å². The van der Waals surface area contributed by atoms with Crippen LogP contribution in [0.25, 0.3) is 0 Å². The molecule has 0 bridgehead atoms. The molecule has 1 rings (SSSR count). The second-order valence-electron chi connectivity index (χ2n) is 4.26. The van der Waals surface area contributed by atoms with Crippen molar-refractivity contribution in [2.24, 2.45) is 0 Å². The van der Waals surface area contributed by atoms with E-state index in [1.807, 2.05) is 24.8 Å². The van der Waals surface area contributed by atoms with Crippen molar-refractivity contribution in [2.45, 2.75) is 26.4 Å². The SMILES string of the molecule is CN/C(=C\[N+](=O)[O-])N(Cc1ccc(Cl)nc1)C(C)C. The van der Waals surface area contributed by atoms with Gasteiger partial charge >= 0.3 is 0 Å². The third-order valence-electron chi connectivity index (χ3n) is 2.56. The molecular weight excluding hydrogens is 268 g/mol. The van der Waals surface area contributed by atoms with Crippen LogP contribution in [0, 0.1) is 10.1 Å². The van der Waals surface area contributed by atoms with Crippen molar-refractivity contribution in [3.8, 4) is 0 Å². The van der Waals surface area contributed by atoms with E-state index in [0.717, 1.165) is 11.8 Å². The molecular formula is C12H17ClN4O2. The van der Waals surface area contributed by atoms with Gasteiger partial charge in [-0.3, -0.25) is 10.1 Å². The Hall–Kier alpha value is -1.82. The number of rotatable bonds is 6. The highest BCUT2D eigenvalue weighted by Gasteiger charge is 2.16. The number of pyridine rings is 1. The Morgan fingerprint density at radius 2 is 2.32 bits per heavy atom. The van der Waals surface area contributed by atoms with E-state index >= 15 is 0 Å². The van der Waals surface area contributed by atoms with E-state index in [9.17, 15) is 10.1 Å². The fourth-order valence-corrected chi connectivity index (χ4v) is 1.74. The lowest BCUT2D eigenvalue weighted by atomic mass is 10.2. The van der Waals surface area contributed by atoms with Gasteiger partial charge in [-0.05, 0) is 25.5 Å². The summed E-state index contributed by atoms with van der Waals surface area (Å²) in [7, 11) is 1.66. The fraction of sp³-hybridized carbons (Fsp3) is 0.417. The Bertz CT molecular complexity index is 459. The van der Waals surface area contributed by atoms with Crippen molar-refractivity contribution in [1.29, 1.82) is 0 Å². The summed E-state index contributed by atoms with van der Waals surface area (Å²) in [5.41, 5.74) is 0.933. The smallest absolute Gasteiger partial charge is 0.274 e. The van der Waals surface area contributed by atoms with E-state index in [1.54, 1.807) is 19.3 Å². The molecule has 0 aliphatic rings. The molecule has 0 saturated heterocycles. The van der Waals surface area contributed by atoms with E-state index in [4.69, 9.17) is 11.6 Å². The molecule has 1 N–H and O–H groups in total. The molecule has 0 aliphatic heterocycles. The lowest BCUT2D eigenvalue weighted by Gasteiger charge is -2.29. The third kappa shape index (κ3) is 4.75. The average molecular weight is 285 g/mol. The van der Waals surface area contributed by atoms with Crippen LogP contribution in [0.2, 0.25) is 5.15 Å². The quantitative estimate of drug-likeness (QED) is 0.493. The monoisotopic (exact) mass is 284 g/mol. The number of halogens is 1. The average Bonchev–Trinajstić information content (AvgIpc) is 2.35. The van der Waals surface area contributed by atoms with Crippen molar-refractivity contribution in [3.05, 3.63) is 51.2 Å². The van der Waals surface area contributed by atoms with Crippen LogP contribution in [0.15, 0.2) is 30.4 Å². The Morgan fingerprint density at radius 3 is 2.74 bits per heavy atom. The van der Waals surface area contributed by atoms with E-state index in [0.29, 0.717) is 17.5 Å². The number of hydrogen-bond acceptors (Lipinski definition) is 5. The number of hydrogen-bond donors (Lipinski definition) is 1. The van der Waals surface area contributed by atoms with E-state index in [-0.39, 0.29) is 6.04 Å². The number of aromatic nitrogens is 1. The van der Waals surface area contributed by atoms with Gasteiger partial charge in [0.15, 0.2) is 5.82 Å². The normalized spacial score (nSPS) is 11.5. The van der Waals surface area contributed by atoms with Gasteiger partial charge in [0.1, 0.15) is 5.15 Å². The van der Waals surface area contributed by atoms with Crippen LogP contribution >= 0.6 is 11.6 Å². The molecule has 0 amide bonds. The molecule has 0 aromatic carbocycles. The minimum Gasteiger partial charge on any atom is -0.370 e. The molecule has 6 nitrogen and oxygen atoms in total. The van der Waals surface area contributed by atoms with Gasteiger partial charge in [0, 0.05) is 25.8 Å². The third-order valence-corrected chi connectivity index (χ3v) is 2.78. The largest absolute Gasteiger partial charge is 0.370 e. The molecule has 104 valence electrons. The van der Waals surface area contributed by atoms with Crippen molar-refractivity contribution < 1.29 is 4.92 Å². The van der Waals surface area contributed by atoms with Gasteiger partial charge < -0.3 is 10.2 Å². The maximum Gasteiger partial charge on any atom is 0.274 e. The van der Waals surface area contributed by atoms with E-state index < -0.39 is 4.92 Å². The van der Waals surface area contributed by atoms with Crippen molar-refractivity contribution in [1.82, 2.24) is 15.2 Å². The van der Waals surface area contributed by atoms with Gasteiger partial charge in [-0.2, -0.15) is 0 Å². The molecule has 1 aromatic rings. The summed E-state index contributed by atoms with van der Waals surface area (Å²) >= 11 is 5.73. The molecule has 0 spiro atoms. The molecule has 0 fully saturated rings. The first-order valence-corrected chi connectivity index (χ1v) is 6.22. The van der Waals surface area contributed by atoms with E-state index in [2.05, 4.69) is 10.3 Å². The zero-order valence-corrected chi connectivity index (χ0v) is 11.9. The zero-order chi connectivity index (χ0) is 14.4. The topological polar surface area (TPSA) is 71.3 Å². The van der Waals surface area contributed by atoms with Crippen molar-refractivity contribution >= 4 is 11.6 Å². The zero-order valence-electron chi connectivity index (χ0n) is 11.1. The maximum absolute atomic E-state index is 10.6. The number of nitro groups is 1. The van der Waals surface area contributed by atoms with Gasteiger partial charge in [-0.25, -0.2) is 4.98 Å². The molecule has 0 radical (unpaired) electrons. The fourth-order valence-electron chi connectivity index (χ4n) is 1.62. The minimum atomic E-state index is -0.471. The first-order chi connectivity index (χ1) is 8.93. The summed E-state index contributed by atoms with van der Waals surface area (Å²) in [6.45, 7) is 4.45. The predicted molar refractivity (Wildman–Crippen MR) is 74.1 cm³/mol. The molecule has 7 heteroatoms. The van der Waals surface area contributed by atoms with Crippen LogP contribution in [0.4, 0.5) is 0 Å². The second-order valence-corrected chi connectivity index (χ2v) is 4.65. The molecule has 0 aliphatic carbocycles. The van der Waals surface area contributed by atoms with Crippen LogP contribution in [0.5, 0.6) is 0 Å². The lowest BCUT2D eigenvalue weighted by Crippen LogP contribution is -2.35. The van der Waals surface area contributed by atoms with Crippen LogP contribution in [0.1, 0.15) is 19.4 Å². The predicted octanol–water partition coefficient (Wildman–Crippen LogP) is 2.24. The molecule has 1 aromatic heterocycles. The summed E-state index contributed by atoms with van der Waals surface area (Å²) in [6, 6.07) is 3.66. The van der Waals surface area contributed by atoms with Crippen LogP contribution in [-0.2, 0) is 6.54 Å². The summed E-state index contributed by atoms with van der Waals surface area (Å²) in [6.07, 6.45) is 2.63. The molecule has 1 heterocycles.